The molecule has 0 atom stereocenters. The zero-order valence-corrected chi connectivity index (χ0v) is 19.4. The summed E-state index contributed by atoms with van der Waals surface area (Å²) in [5.74, 6) is 1.48. The highest BCUT2D eigenvalue weighted by Crippen LogP contribution is 2.27. The highest BCUT2D eigenvalue weighted by molar-refractivity contribution is 5.84. The zero-order valence-electron chi connectivity index (χ0n) is 19.4. The lowest BCUT2D eigenvalue weighted by Gasteiger charge is -2.30. The Balaban J connectivity index is 1.49. The molecule has 1 saturated heterocycles. The number of hydrogen-bond acceptors (Lipinski definition) is 7. The number of fused-ring (bicyclic) bond motifs is 1. The van der Waals surface area contributed by atoms with Gasteiger partial charge in [-0.3, -0.25) is 0 Å². The molecule has 0 amide bonds. The summed E-state index contributed by atoms with van der Waals surface area (Å²) < 4.78 is 4.01. The van der Waals surface area contributed by atoms with Crippen molar-refractivity contribution in [3.63, 3.8) is 0 Å². The Morgan fingerprint density at radius 2 is 1.91 bits per heavy atom. The molecular weight excluding hydrogens is 414 g/mol. The van der Waals surface area contributed by atoms with E-state index < -0.39 is 0 Å². The van der Waals surface area contributed by atoms with Crippen molar-refractivity contribution in [2.24, 2.45) is 5.73 Å². The third-order valence-electron chi connectivity index (χ3n) is 6.20. The van der Waals surface area contributed by atoms with Crippen LogP contribution in [0.4, 0.5) is 11.8 Å². The Morgan fingerprint density at radius 1 is 1.12 bits per heavy atom. The van der Waals surface area contributed by atoms with E-state index in [9.17, 15) is 0 Å². The van der Waals surface area contributed by atoms with Gasteiger partial charge in [-0.2, -0.15) is 15.1 Å². The van der Waals surface area contributed by atoms with Crippen LogP contribution in [0.3, 0.4) is 0 Å². The number of piperidine rings is 1. The molecule has 0 unspecified atom stereocenters. The van der Waals surface area contributed by atoms with Crippen LogP contribution in [-0.4, -0.2) is 48.4 Å². The second kappa shape index (κ2) is 8.82. The number of hydrogen-bond donors (Lipinski definition) is 2. The fourth-order valence-electron chi connectivity index (χ4n) is 4.26. The fourth-order valence-corrected chi connectivity index (χ4v) is 4.26. The summed E-state index contributed by atoms with van der Waals surface area (Å²) in [6.45, 7) is 8.60. The van der Waals surface area contributed by atoms with Crippen LogP contribution in [0.15, 0.2) is 42.9 Å². The first-order chi connectivity index (χ1) is 16.0. The molecule has 9 heteroatoms. The number of aromatic nitrogens is 6. The van der Waals surface area contributed by atoms with Gasteiger partial charge in [0.2, 0.25) is 5.95 Å². The Bertz CT molecular complexity index is 1250. The molecule has 3 aromatic heterocycles. The maximum Gasteiger partial charge on any atom is 0.229 e. The molecule has 33 heavy (non-hydrogen) atoms. The topological polar surface area (TPSA) is 103 Å². The number of anilines is 2. The molecule has 0 aliphatic carbocycles. The fraction of sp³-hybridized carbons (Fsp3) is 0.417. The van der Waals surface area contributed by atoms with Crippen molar-refractivity contribution in [1.82, 2.24) is 29.3 Å². The summed E-state index contributed by atoms with van der Waals surface area (Å²) in [6, 6.07) is 10.8. The molecule has 3 N–H and O–H groups in total. The van der Waals surface area contributed by atoms with Gasteiger partial charge in [-0.1, -0.05) is 18.2 Å². The van der Waals surface area contributed by atoms with E-state index in [0.29, 0.717) is 6.54 Å². The molecule has 1 fully saturated rings. The summed E-state index contributed by atoms with van der Waals surface area (Å²) in [5.41, 5.74) is 10.9. The van der Waals surface area contributed by atoms with Gasteiger partial charge in [0.25, 0.3) is 0 Å². The zero-order chi connectivity index (χ0) is 22.9. The number of imidazole rings is 1. The van der Waals surface area contributed by atoms with Crippen molar-refractivity contribution in [1.29, 1.82) is 0 Å². The van der Waals surface area contributed by atoms with Gasteiger partial charge in [0.15, 0.2) is 17.0 Å². The lowest BCUT2D eigenvalue weighted by molar-refractivity contribution is 0.495. The van der Waals surface area contributed by atoms with E-state index in [1.165, 1.54) is 0 Å². The van der Waals surface area contributed by atoms with Crippen LogP contribution in [-0.2, 0) is 6.54 Å². The van der Waals surface area contributed by atoms with Crippen molar-refractivity contribution >= 4 is 22.9 Å². The third-order valence-corrected chi connectivity index (χ3v) is 6.20. The second-order valence-electron chi connectivity index (χ2n) is 9.00. The minimum atomic E-state index is 0.254. The van der Waals surface area contributed by atoms with E-state index in [2.05, 4.69) is 50.8 Å². The molecule has 0 bridgehead atoms. The minimum absolute atomic E-state index is 0.254. The molecule has 0 saturated carbocycles. The first-order valence-electron chi connectivity index (χ1n) is 11.6. The molecule has 4 aromatic rings. The van der Waals surface area contributed by atoms with Crippen LogP contribution in [0.2, 0.25) is 0 Å². The first-order valence-corrected chi connectivity index (χ1v) is 11.6. The lowest BCUT2D eigenvalue weighted by Crippen LogP contribution is -2.40. The van der Waals surface area contributed by atoms with Crippen molar-refractivity contribution in [3.05, 3.63) is 54.1 Å². The smallest absolute Gasteiger partial charge is 0.229 e. The minimum Gasteiger partial charge on any atom is -0.364 e. The molecule has 1 aliphatic rings. The summed E-state index contributed by atoms with van der Waals surface area (Å²) in [6.07, 6.45) is 5.74. The number of benzene rings is 1. The molecule has 0 radical (unpaired) electrons. The molecule has 9 nitrogen and oxygen atoms in total. The van der Waals surface area contributed by atoms with Crippen molar-refractivity contribution in [3.8, 4) is 5.69 Å². The van der Waals surface area contributed by atoms with Crippen molar-refractivity contribution in [2.75, 3.05) is 23.3 Å². The van der Waals surface area contributed by atoms with E-state index in [4.69, 9.17) is 15.7 Å². The van der Waals surface area contributed by atoms with Crippen LogP contribution in [0.1, 0.15) is 44.0 Å². The van der Waals surface area contributed by atoms with E-state index in [0.717, 1.165) is 65.8 Å². The van der Waals surface area contributed by atoms with Crippen LogP contribution in [0.5, 0.6) is 0 Å². The monoisotopic (exact) mass is 445 g/mol. The van der Waals surface area contributed by atoms with Crippen molar-refractivity contribution in [2.45, 2.75) is 52.2 Å². The van der Waals surface area contributed by atoms with E-state index in [-0.39, 0.29) is 12.1 Å². The average Bonchev–Trinajstić information content (AvgIpc) is 3.44. The van der Waals surface area contributed by atoms with Crippen LogP contribution >= 0.6 is 0 Å². The van der Waals surface area contributed by atoms with Gasteiger partial charge in [-0.05, 0) is 51.3 Å². The highest BCUT2D eigenvalue weighted by Gasteiger charge is 2.22. The number of para-hydroxylation sites is 1. The molecule has 1 aliphatic heterocycles. The Labute approximate surface area is 193 Å². The molecule has 172 valence electrons. The first kappa shape index (κ1) is 21.4. The molecular formula is C24H31N9. The van der Waals surface area contributed by atoms with Gasteiger partial charge in [0.05, 0.1) is 17.7 Å². The summed E-state index contributed by atoms with van der Waals surface area (Å²) in [4.78, 5) is 16.7. The predicted molar refractivity (Wildman–Crippen MR) is 131 cm³/mol. The Kier molecular flexibility index (Phi) is 5.72. The van der Waals surface area contributed by atoms with Gasteiger partial charge in [-0.25, -0.2) is 9.67 Å². The van der Waals surface area contributed by atoms with Gasteiger partial charge < -0.3 is 20.5 Å². The van der Waals surface area contributed by atoms with Crippen LogP contribution in [0, 0.1) is 6.92 Å². The molecule has 5 rings (SSSR count). The number of nitrogens with one attached hydrogen (secondary N) is 1. The quantitative estimate of drug-likeness (QED) is 0.469. The predicted octanol–water partition coefficient (Wildman–Crippen LogP) is 3.44. The van der Waals surface area contributed by atoms with E-state index in [1.54, 1.807) is 0 Å². The number of aryl methyl sites for hydroxylation is 1. The Morgan fingerprint density at radius 3 is 2.64 bits per heavy atom. The summed E-state index contributed by atoms with van der Waals surface area (Å²) in [5, 5.41) is 8.12. The largest absolute Gasteiger partial charge is 0.364 e. The number of nitrogens with two attached hydrogens (primary N) is 1. The van der Waals surface area contributed by atoms with Crippen LogP contribution in [0.25, 0.3) is 16.9 Å². The van der Waals surface area contributed by atoms with Gasteiger partial charge in [0, 0.05) is 37.9 Å². The molecule has 4 heterocycles. The molecule has 0 spiro atoms. The van der Waals surface area contributed by atoms with Crippen LogP contribution < -0.4 is 16.0 Å². The third kappa shape index (κ3) is 4.28. The normalized spacial score (nSPS) is 15.0. The number of nitrogens with zero attached hydrogens (tertiary/aromatic N) is 7. The van der Waals surface area contributed by atoms with E-state index >= 15 is 0 Å². The number of rotatable bonds is 6. The van der Waals surface area contributed by atoms with E-state index in [1.807, 2.05) is 42.3 Å². The molecule has 1 aromatic carbocycles. The average molecular weight is 446 g/mol. The van der Waals surface area contributed by atoms with Gasteiger partial charge in [0.1, 0.15) is 0 Å². The summed E-state index contributed by atoms with van der Waals surface area (Å²) >= 11 is 0. The second-order valence-corrected chi connectivity index (χ2v) is 9.00. The lowest BCUT2D eigenvalue weighted by atomic mass is 10.1. The highest BCUT2D eigenvalue weighted by atomic mass is 15.3. The van der Waals surface area contributed by atoms with Gasteiger partial charge >= 0.3 is 0 Å². The van der Waals surface area contributed by atoms with Crippen molar-refractivity contribution < 1.29 is 0 Å². The maximum absolute atomic E-state index is 6.12. The maximum atomic E-state index is 6.12. The van der Waals surface area contributed by atoms with Gasteiger partial charge in [-0.15, -0.1) is 0 Å². The Hall–Kier alpha value is -3.46. The standard InChI is InChI=1S/C24H31N9/c1-16(2)32-15-27-21-22(28-24(29-23(21)32)31-11-9-19(25)10-12-31)26-14-18-6-4-5-7-20(18)33-13-8-17(3)30-33/h4-8,13,15-16,19H,9-12,14,25H2,1-3H3,(H,26,28,29). The summed E-state index contributed by atoms with van der Waals surface area (Å²) in [7, 11) is 0. The SMILES string of the molecule is Cc1ccn(-c2ccccc2CNc2nc(N3CCC(N)CC3)nc3c2ncn3C(C)C)n1.